The average Bonchev–Trinajstić information content (AvgIpc) is 1.50. The summed E-state index contributed by atoms with van der Waals surface area (Å²) < 4.78 is 70.8. The fraction of sp³-hybridized carbons (Fsp3) is 0.239. The molecule has 0 spiro atoms. The maximum atomic E-state index is 13.3. The van der Waals surface area contributed by atoms with Crippen molar-refractivity contribution in [3.63, 3.8) is 0 Å². The van der Waals surface area contributed by atoms with Crippen LogP contribution in [0.25, 0.3) is 0 Å². The second kappa shape index (κ2) is 43.0. The molecule has 600 valence electrons. The topological polar surface area (TPSA) is 284 Å². The molecule has 10 aromatic carbocycles. The number of nitrogens with one attached hydrogen (secondary N) is 4. The maximum absolute atomic E-state index is 13.3. The Morgan fingerprint density at radius 3 is 1.18 bits per heavy atom. The largest absolute Gasteiger partial charge is 1.00 e. The Labute approximate surface area is 697 Å². The van der Waals surface area contributed by atoms with Crippen LogP contribution < -0.4 is 49.3 Å². The summed E-state index contributed by atoms with van der Waals surface area (Å²) in [4.78, 5) is 69.6. The van der Waals surface area contributed by atoms with Crippen LogP contribution >= 0.6 is 31.9 Å². The van der Waals surface area contributed by atoms with E-state index >= 15 is 0 Å². The van der Waals surface area contributed by atoms with Crippen molar-refractivity contribution < 1.29 is 98.3 Å². The van der Waals surface area contributed by atoms with Gasteiger partial charge in [-0.2, -0.15) is 28.0 Å². The van der Waals surface area contributed by atoms with E-state index in [-0.39, 0.29) is 56.2 Å². The number of methoxy groups -OCH3 is 1. The standard InChI is InChI=1S/C22H19NO2.C15H13NO3.C12H19BrOSi.2C9H7NO2.C7H7Br.C7H8O.C4H9.CHF3O3S.2CH4.Li/c1-14-6-8-16(9-7-14)22(17-10-12-18(24)13-11-17)19-5-3-4-15(2)20(19)23-21(22)25;1-9-3-2-4-12-13(9)16-14(18)15(12,19)10-5-7-11(17)8-6-10;1-12(2,3)15(4,5)14-11-8-6-10(13)7-9-11;2*1-5-3-2-4-6-7(5)10-9(12)8(6)11;1-6-2-4-7(8)5-3-6;1-8-7-5-3-2-4-6-7;1-3-4-2;2-1(3,4)8(5,6)7;;;/h3-13,24H,1-2H3,(H,23,25);2-8,17,19H,1H3,(H,16,18);6-9H,1-5H3;2*2-4H,1H3,(H,10,11,12);2-5H,1H3;2-6H,1H3;1,3-4H2,2H3;(H,5,6,7);2*1H4;/q;;;;;;;-1;;;;+1. The number of ether oxygens (including phenoxy) is 1. The van der Waals surface area contributed by atoms with Crippen molar-refractivity contribution >= 4 is 108 Å². The van der Waals surface area contributed by atoms with E-state index in [9.17, 15) is 57.3 Å². The first kappa shape index (κ1) is 98.3. The third-order valence-corrected chi connectivity index (χ3v) is 24.1. The van der Waals surface area contributed by atoms with Crippen molar-refractivity contribution in [2.75, 3.05) is 28.4 Å². The van der Waals surface area contributed by atoms with Gasteiger partial charge in [0.15, 0.2) is 5.60 Å². The number of hydrogen-bond acceptors (Lipinski definition) is 13. The molecule has 26 heteroatoms. The van der Waals surface area contributed by atoms with Crippen LogP contribution in [0.5, 0.6) is 23.0 Å². The van der Waals surface area contributed by atoms with Crippen LogP contribution in [-0.2, 0) is 40.3 Å². The predicted molar refractivity (Wildman–Crippen MR) is 453 cm³/mol. The number of hydrogen-bond donors (Lipinski definition) is 8. The van der Waals surface area contributed by atoms with Crippen LogP contribution in [0, 0.1) is 48.5 Å². The monoisotopic (exact) mass is 1720 g/mol. The molecule has 8 N–H and O–H groups in total. The SMILES string of the molecule is C.C.CC(C)(C)[Si](C)(C)Oc1ccc(Br)cc1.COc1ccccc1.Cc1ccc(Br)cc1.Cc1ccc(C2(c3ccc(O)cc3)C(=O)Nc3c(C)cccc32)cc1.Cc1cccc2c1NC(=O)C2(O)c1ccc(O)cc1.Cc1cccc2c1NC(=O)C2=O.Cc1cccc2c1NC(=O)C2=O.O=S(=O)(O)C(F)(F)F.[CH2-]CCC.[Li+]. The summed E-state index contributed by atoms with van der Waals surface area (Å²) in [7, 11) is -5.86. The quantitative estimate of drug-likeness (QED) is 0.0242. The molecule has 0 fully saturated rings. The smallest absolute Gasteiger partial charge is 0.544 e. The Morgan fingerprint density at radius 1 is 0.482 bits per heavy atom. The zero-order chi connectivity index (χ0) is 82.6. The first-order valence-corrected chi connectivity index (χ1v) is 40.7. The van der Waals surface area contributed by atoms with Gasteiger partial charge in [-0.25, -0.2) is 0 Å². The summed E-state index contributed by atoms with van der Waals surface area (Å²) in [5.41, 5.74) is 5.61. The Bertz CT molecular complexity index is 4890. The molecule has 4 aliphatic rings. The first-order chi connectivity index (χ1) is 52.1. The van der Waals surface area contributed by atoms with Crippen molar-refractivity contribution in [1.29, 1.82) is 0 Å². The number of phenolic OH excluding ortho intramolecular Hbond substituents is 2. The number of alkyl halides is 3. The Kier molecular flexibility index (Phi) is 37.0. The van der Waals surface area contributed by atoms with Crippen molar-refractivity contribution in [3.05, 3.63) is 313 Å². The summed E-state index contributed by atoms with van der Waals surface area (Å²) in [6.45, 7) is 28.7. The fourth-order valence-corrected chi connectivity index (χ4v) is 12.4. The van der Waals surface area contributed by atoms with Crippen molar-refractivity contribution in [1.82, 2.24) is 0 Å². The second-order valence-electron chi connectivity index (χ2n) is 27.3. The van der Waals surface area contributed by atoms with Crippen molar-refractivity contribution in [2.45, 2.75) is 132 Å². The summed E-state index contributed by atoms with van der Waals surface area (Å²) in [5, 5.41) is 40.9. The van der Waals surface area contributed by atoms with Gasteiger partial charge in [-0.1, -0.05) is 231 Å². The van der Waals surface area contributed by atoms with Gasteiger partial charge in [0.2, 0.25) is 14.2 Å². The van der Waals surface area contributed by atoms with Gasteiger partial charge in [-0.15, -0.1) is 0 Å². The van der Waals surface area contributed by atoms with Crippen LogP contribution in [0.2, 0.25) is 18.1 Å². The van der Waals surface area contributed by atoms with E-state index < -0.39 is 64.2 Å². The average molecular weight is 1720 g/mol. The predicted octanol–water partition coefficient (Wildman–Crippen LogP) is 18.0. The van der Waals surface area contributed by atoms with Crippen LogP contribution in [0.3, 0.4) is 0 Å². The van der Waals surface area contributed by atoms with E-state index in [2.05, 4.69) is 120 Å². The van der Waals surface area contributed by atoms with Gasteiger partial charge < -0.3 is 52.7 Å². The fourth-order valence-electron chi connectivity index (χ4n) is 10.9. The molecule has 2 atom stereocenters. The third kappa shape index (κ3) is 25.0. The third-order valence-electron chi connectivity index (χ3n) is 18.1. The number of anilines is 4. The zero-order valence-corrected chi connectivity index (χ0v) is 69.6. The van der Waals surface area contributed by atoms with E-state index in [1.807, 2.05) is 174 Å². The molecular formula is C88H98Br2F3LiN4O14SSi. The molecule has 114 heavy (non-hydrogen) atoms. The van der Waals surface area contributed by atoms with Gasteiger partial charge >= 0.3 is 34.5 Å². The summed E-state index contributed by atoms with van der Waals surface area (Å²) in [5.74, 6) is -0.298. The number of amides is 4. The number of rotatable bonds is 7. The van der Waals surface area contributed by atoms with Gasteiger partial charge in [0, 0.05) is 25.8 Å². The molecule has 4 aliphatic heterocycles. The number of aliphatic hydroxyl groups is 1. The molecule has 0 saturated carbocycles. The van der Waals surface area contributed by atoms with Crippen LogP contribution in [0.4, 0.5) is 35.9 Å². The minimum Gasteiger partial charge on any atom is -0.544 e. The number of unbranched alkanes of at least 4 members (excludes halogenated alkanes) is 1. The molecule has 4 heterocycles. The number of aromatic hydroxyl groups is 2. The number of fused-ring (bicyclic) bond motifs is 4. The number of ketones is 2. The van der Waals surface area contributed by atoms with E-state index in [4.69, 9.17) is 22.1 Å². The number of carbonyl (C=O) groups excluding carboxylic acids is 6. The van der Waals surface area contributed by atoms with Crippen LogP contribution in [0.1, 0.15) is 137 Å². The number of benzene rings is 10. The first-order valence-electron chi connectivity index (χ1n) is 34.8. The van der Waals surface area contributed by atoms with Crippen molar-refractivity contribution in [3.8, 4) is 23.0 Å². The van der Waals surface area contributed by atoms with E-state index in [0.29, 0.717) is 39.3 Å². The molecule has 0 bridgehead atoms. The number of halogens is 5. The summed E-state index contributed by atoms with van der Waals surface area (Å²) in [6.07, 6.45) is 2.28. The van der Waals surface area contributed by atoms with Gasteiger partial charge in [-0.05, 0) is 184 Å². The summed E-state index contributed by atoms with van der Waals surface area (Å²) >= 11 is 6.77. The van der Waals surface area contributed by atoms with Gasteiger partial charge in [0.25, 0.3) is 29.3 Å². The molecule has 18 nitrogen and oxygen atoms in total. The number of aryl methyl sites for hydroxylation is 6. The Balaban J connectivity index is 0.000000344. The molecule has 10 aromatic rings. The zero-order valence-electron chi connectivity index (χ0n) is 64.7. The normalized spacial score (nSPS) is 14.8. The van der Waals surface area contributed by atoms with Gasteiger partial charge in [-0.3, -0.25) is 33.3 Å². The van der Waals surface area contributed by atoms with Crippen LogP contribution in [0.15, 0.2) is 233 Å². The Hall–Kier alpha value is -9.95. The van der Waals surface area contributed by atoms with E-state index in [0.717, 1.165) is 77.1 Å². The van der Waals surface area contributed by atoms with Crippen molar-refractivity contribution in [2.24, 2.45) is 0 Å². The Morgan fingerprint density at radius 2 is 0.825 bits per heavy atom. The maximum Gasteiger partial charge on any atom is 1.00 e. The number of phenols is 2. The number of carbonyl (C=O) groups is 6. The van der Waals surface area contributed by atoms with Crippen LogP contribution in [-0.4, -0.2) is 84.4 Å². The minimum absolute atomic E-state index is 0. The van der Waals surface area contributed by atoms with E-state index in [1.54, 1.807) is 67.8 Å². The molecule has 0 aliphatic carbocycles. The minimum atomic E-state index is -5.84. The summed E-state index contributed by atoms with van der Waals surface area (Å²) in [6, 6.07) is 68.9. The molecule has 0 radical (unpaired) electrons. The number of Topliss-reactive ketones (excluding diaryl/α,β-unsaturated/α-hetero) is 2. The van der Waals surface area contributed by atoms with Gasteiger partial charge in [0.1, 0.15) is 28.4 Å². The molecule has 0 saturated heterocycles. The van der Waals surface area contributed by atoms with Gasteiger partial charge in [0.05, 0.1) is 35.3 Å². The van der Waals surface area contributed by atoms with E-state index in [1.165, 1.54) is 24.1 Å². The molecule has 2 unspecified atom stereocenters. The molecular weight excluding hydrogens is 1620 g/mol. The second-order valence-corrected chi connectivity index (χ2v) is 35.3. The number of para-hydroxylation sites is 5. The molecule has 4 amide bonds. The molecule has 14 rings (SSSR count). The molecule has 0 aromatic heterocycles.